The molecule has 1 aliphatic heterocycles. The molecule has 0 saturated heterocycles. The molecule has 2 aliphatic carbocycles. The number of fused-ring (bicyclic) bond motifs is 12. The minimum Gasteiger partial charge on any atom is -0.455 e. The number of aryl methyl sites for hydroxylation is 1. The molecule has 3 heterocycles. The van der Waals surface area contributed by atoms with Crippen molar-refractivity contribution in [2.45, 2.75) is 38.5 Å². The third-order valence-corrected chi connectivity index (χ3v) is 15.7. The molecule has 0 bridgehead atoms. The van der Waals surface area contributed by atoms with Crippen LogP contribution in [0, 0.1) is 6.92 Å². The number of aliphatic imine (C=N–C) groups is 2. The first-order chi connectivity index (χ1) is 35.6. The van der Waals surface area contributed by atoms with Gasteiger partial charge in [0.25, 0.3) is 0 Å². The van der Waals surface area contributed by atoms with Crippen molar-refractivity contribution in [1.29, 1.82) is 0 Å². The van der Waals surface area contributed by atoms with Gasteiger partial charge in [0.15, 0.2) is 5.84 Å². The summed E-state index contributed by atoms with van der Waals surface area (Å²) >= 11 is 0. The average molecular weight is 922 g/mol. The first-order valence-corrected chi connectivity index (χ1v) is 25.3. The zero-order chi connectivity index (χ0) is 47.4. The van der Waals surface area contributed by atoms with Crippen molar-refractivity contribution in [2.75, 3.05) is 0 Å². The van der Waals surface area contributed by atoms with Crippen LogP contribution >= 0.6 is 0 Å². The third-order valence-electron chi connectivity index (χ3n) is 15.7. The lowest BCUT2D eigenvalue weighted by atomic mass is 9.74. The van der Waals surface area contributed by atoms with Gasteiger partial charge in [0.1, 0.15) is 11.2 Å². The number of para-hydroxylation sites is 2. The summed E-state index contributed by atoms with van der Waals surface area (Å²) in [5.74, 6) is 0.777. The van der Waals surface area contributed by atoms with Gasteiger partial charge in [0.05, 0.1) is 22.4 Å². The number of aromatic nitrogens is 1. The first-order valence-electron chi connectivity index (χ1n) is 25.3. The maximum atomic E-state index is 7.19. The number of nitrogens with zero attached hydrogens (tertiary/aromatic N) is 3. The molecule has 12 aromatic rings. The first kappa shape index (κ1) is 41.0. The highest BCUT2D eigenvalue weighted by Gasteiger charge is 2.32. The quantitative estimate of drug-likeness (QED) is 0.170. The maximum absolute atomic E-state index is 7.19. The van der Waals surface area contributed by atoms with Crippen LogP contribution in [0.2, 0.25) is 0 Å². The van der Waals surface area contributed by atoms with Gasteiger partial charge in [-0.1, -0.05) is 157 Å². The second-order valence-electron chi connectivity index (χ2n) is 19.9. The Morgan fingerprint density at radius 2 is 1.32 bits per heavy atom. The molecule has 0 N–H and O–H groups in total. The van der Waals surface area contributed by atoms with Crippen LogP contribution in [0.1, 0.15) is 70.5 Å². The number of amidine groups is 1. The molecular weight excluding hydrogens is 875 g/mol. The summed E-state index contributed by atoms with van der Waals surface area (Å²) in [6, 6.07) is 71.0. The molecule has 0 fully saturated rings. The van der Waals surface area contributed by atoms with E-state index >= 15 is 0 Å². The van der Waals surface area contributed by atoms with E-state index in [0.29, 0.717) is 5.84 Å². The highest BCUT2D eigenvalue weighted by molar-refractivity contribution is 6.25. The van der Waals surface area contributed by atoms with Crippen molar-refractivity contribution in [3.63, 3.8) is 0 Å². The fourth-order valence-electron chi connectivity index (χ4n) is 12.4. The minimum atomic E-state index is 0.0840. The monoisotopic (exact) mass is 921 g/mol. The molecule has 4 nitrogen and oxygen atoms in total. The molecule has 72 heavy (non-hydrogen) atoms. The molecule has 0 saturated carbocycles. The van der Waals surface area contributed by atoms with Crippen molar-refractivity contribution < 1.29 is 4.42 Å². The zero-order valence-electron chi connectivity index (χ0n) is 39.9. The predicted molar refractivity (Wildman–Crippen MR) is 302 cm³/mol. The third kappa shape index (κ3) is 6.45. The lowest BCUT2D eigenvalue weighted by Gasteiger charge is -2.29. The second kappa shape index (κ2) is 16.1. The summed E-state index contributed by atoms with van der Waals surface area (Å²) in [4.78, 5) is 11.5. The summed E-state index contributed by atoms with van der Waals surface area (Å²) in [6.07, 6.45) is 10.4. The van der Waals surface area contributed by atoms with Gasteiger partial charge < -0.3 is 8.98 Å². The highest BCUT2D eigenvalue weighted by atomic mass is 16.3. The van der Waals surface area contributed by atoms with Crippen molar-refractivity contribution in [1.82, 2.24) is 4.57 Å². The van der Waals surface area contributed by atoms with E-state index in [0.717, 1.165) is 103 Å². The van der Waals surface area contributed by atoms with Gasteiger partial charge in [-0.05, 0) is 148 Å². The van der Waals surface area contributed by atoms with Gasteiger partial charge in [0.2, 0.25) is 0 Å². The maximum Gasteiger partial charge on any atom is 0.160 e. The summed E-state index contributed by atoms with van der Waals surface area (Å²) in [5, 5.41) is 11.9. The van der Waals surface area contributed by atoms with E-state index in [1.807, 2.05) is 0 Å². The van der Waals surface area contributed by atoms with E-state index in [-0.39, 0.29) is 5.92 Å². The number of allylic oxidation sites excluding steroid dienone is 5. The Hall–Kier alpha value is -8.86. The Morgan fingerprint density at radius 1 is 0.542 bits per heavy atom. The molecule has 0 amide bonds. The van der Waals surface area contributed by atoms with E-state index in [4.69, 9.17) is 14.4 Å². The van der Waals surface area contributed by atoms with Gasteiger partial charge in [-0.3, -0.25) is 0 Å². The summed E-state index contributed by atoms with van der Waals surface area (Å²) in [7, 11) is 0. The number of hydrogen-bond donors (Lipinski definition) is 0. The summed E-state index contributed by atoms with van der Waals surface area (Å²) in [5.41, 5.74) is 18.4. The summed E-state index contributed by atoms with van der Waals surface area (Å²) < 4.78 is 9.57. The second-order valence-corrected chi connectivity index (χ2v) is 19.9. The van der Waals surface area contributed by atoms with Crippen molar-refractivity contribution in [2.24, 2.45) is 9.98 Å². The van der Waals surface area contributed by atoms with E-state index in [9.17, 15) is 0 Å². The van der Waals surface area contributed by atoms with Gasteiger partial charge in [-0.25, -0.2) is 9.98 Å². The molecule has 4 heteroatoms. The SMILES string of the molecule is Cc1ccc2cc3c(cc2c1)C(c1cc(/C2=N/C(c4cccc5c4c4ccccc4n5-c4ccccc4)=N\C(c4ccc5ccccc5c4)=C/CC2)cc2oc4c5ccccc5ccc4c12)CC1=C3CC=C1. The zero-order valence-corrected chi connectivity index (χ0v) is 39.9. The fourth-order valence-corrected chi connectivity index (χ4v) is 12.4. The molecule has 3 aliphatic rings. The fraction of sp³-hybridized carbons (Fsp3) is 0.0882. The van der Waals surface area contributed by atoms with Crippen LogP contribution in [0.15, 0.2) is 232 Å². The van der Waals surface area contributed by atoms with E-state index in [1.54, 1.807) is 0 Å². The summed E-state index contributed by atoms with van der Waals surface area (Å²) in [6.45, 7) is 2.20. The van der Waals surface area contributed by atoms with Gasteiger partial charge in [0, 0.05) is 55.2 Å². The molecule has 2 aromatic heterocycles. The van der Waals surface area contributed by atoms with E-state index in [1.165, 1.54) is 65.7 Å². The Morgan fingerprint density at radius 3 is 2.24 bits per heavy atom. The van der Waals surface area contributed by atoms with Crippen molar-refractivity contribution in [3.8, 4) is 5.69 Å². The van der Waals surface area contributed by atoms with Crippen LogP contribution < -0.4 is 0 Å². The Kier molecular flexibility index (Phi) is 9.16. The van der Waals surface area contributed by atoms with E-state index < -0.39 is 0 Å². The smallest absolute Gasteiger partial charge is 0.160 e. The molecule has 340 valence electrons. The van der Waals surface area contributed by atoms with Gasteiger partial charge >= 0.3 is 0 Å². The average Bonchev–Trinajstić information content (AvgIpc) is 4.15. The lowest BCUT2D eigenvalue weighted by Crippen LogP contribution is -2.13. The van der Waals surface area contributed by atoms with Crippen LogP contribution in [-0.2, 0) is 0 Å². The standard InChI is InChI=1S/C68H47N3O/c1-41-28-29-45-36-56-51-22-11-17-46(51)37-58(57(56)38-48(45)34-41)59-39-49(40-64-66(59)54-33-32-43-15-7-8-20-52(43)67(54)72-64)61-25-13-24-60(47-31-30-42-14-5-6-16-44(42)35-47)69-68(70-61)55-23-12-27-63-65(55)53-21-9-10-26-62(53)71(63)50-18-3-2-4-19-50/h2-12,14-21,23-24,26-36,38-40,58H,13,22,25,37H2,1H3/b60-24-,69-68-,70-61+. The van der Waals surface area contributed by atoms with Crippen LogP contribution in [0.5, 0.6) is 0 Å². The topological polar surface area (TPSA) is 42.8 Å². The lowest BCUT2D eigenvalue weighted by molar-refractivity contribution is 0.671. The Bertz CT molecular complexity index is 4460. The van der Waals surface area contributed by atoms with Crippen LogP contribution in [0.4, 0.5) is 0 Å². The van der Waals surface area contributed by atoms with Crippen LogP contribution in [0.3, 0.4) is 0 Å². The molecule has 0 radical (unpaired) electrons. The van der Waals surface area contributed by atoms with Crippen molar-refractivity contribution in [3.05, 3.63) is 257 Å². The molecular formula is C68H47N3O. The largest absolute Gasteiger partial charge is 0.455 e. The number of hydrogen-bond acceptors (Lipinski definition) is 3. The van der Waals surface area contributed by atoms with E-state index in [2.05, 4.69) is 224 Å². The predicted octanol–water partition coefficient (Wildman–Crippen LogP) is 17.8. The molecule has 10 aromatic carbocycles. The number of rotatable bonds is 5. The van der Waals surface area contributed by atoms with Crippen molar-refractivity contribution >= 4 is 98.9 Å². The Balaban J connectivity index is 0.992. The minimum absolute atomic E-state index is 0.0840. The normalized spacial score (nSPS) is 18.1. The molecule has 15 rings (SSSR count). The molecule has 1 atom stereocenters. The van der Waals surface area contributed by atoms with Gasteiger partial charge in [-0.15, -0.1) is 0 Å². The number of benzene rings is 10. The van der Waals surface area contributed by atoms with Crippen LogP contribution in [-0.4, -0.2) is 16.1 Å². The number of furan rings is 1. The van der Waals surface area contributed by atoms with Crippen LogP contribution in [0.25, 0.3) is 93.0 Å². The van der Waals surface area contributed by atoms with Gasteiger partial charge in [-0.2, -0.15) is 0 Å². The Labute approximate surface area is 416 Å². The highest BCUT2D eigenvalue weighted by Crippen LogP contribution is 2.51. The molecule has 0 spiro atoms. The molecule has 1 unspecified atom stereocenters.